The number of carbonyl (C=O) groups is 1. The minimum atomic E-state index is -0.143. The van der Waals surface area contributed by atoms with Gasteiger partial charge in [0.1, 0.15) is 0 Å². The third-order valence-corrected chi connectivity index (χ3v) is 3.24. The fraction of sp³-hybridized carbons (Fsp3) is 0.188. The van der Waals surface area contributed by atoms with Gasteiger partial charge in [0.05, 0.1) is 11.4 Å². The van der Waals surface area contributed by atoms with Crippen molar-refractivity contribution in [2.24, 2.45) is 0 Å². The predicted octanol–water partition coefficient (Wildman–Crippen LogP) is 3.97. The summed E-state index contributed by atoms with van der Waals surface area (Å²) in [6.45, 7) is 1.99. The summed E-state index contributed by atoms with van der Waals surface area (Å²) in [5, 5.41) is 3.50. The van der Waals surface area contributed by atoms with Gasteiger partial charge in [-0.1, -0.05) is 29.3 Å². The number of halogens is 1. The summed E-state index contributed by atoms with van der Waals surface area (Å²) in [6, 6.07) is 12.9. The molecule has 0 unspecified atom stereocenters. The van der Waals surface area contributed by atoms with Gasteiger partial charge >= 0.3 is 0 Å². The first kappa shape index (κ1) is 14.4. The Bertz CT molecular complexity index is 621. The van der Waals surface area contributed by atoms with E-state index in [9.17, 15) is 4.79 Å². The second-order valence-corrected chi connectivity index (χ2v) is 5.31. The normalized spacial score (nSPS) is 10.2. The molecule has 2 aromatic carbocycles. The second kappa shape index (κ2) is 5.97. The quantitative estimate of drug-likeness (QED) is 0.927. The van der Waals surface area contributed by atoms with Crippen LogP contribution in [0.1, 0.15) is 15.9 Å². The molecule has 1 amide bonds. The van der Waals surface area contributed by atoms with E-state index in [0.29, 0.717) is 16.3 Å². The molecule has 0 saturated heterocycles. The van der Waals surface area contributed by atoms with Crippen molar-refractivity contribution in [2.75, 3.05) is 24.3 Å². The lowest BCUT2D eigenvalue weighted by Crippen LogP contribution is -2.16. The first-order chi connectivity index (χ1) is 9.47. The van der Waals surface area contributed by atoms with Crippen LogP contribution in [-0.4, -0.2) is 20.0 Å². The van der Waals surface area contributed by atoms with Gasteiger partial charge in [0.25, 0.3) is 5.91 Å². The van der Waals surface area contributed by atoms with Crippen LogP contribution in [0.25, 0.3) is 0 Å². The highest BCUT2D eigenvalue weighted by atomic mass is 35.5. The zero-order chi connectivity index (χ0) is 14.7. The number of anilines is 2. The standard InChI is InChI=1S/C16H17ClN2O/c1-11-4-6-12(7-5-11)16(20)18-14-10-13(17)8-9-15(14)19(2)3/h4-10H,1-3H3,(H,18,20). The van der Waals surface area contributed by atoms with Gasteiger partial charge in [0.2, 0.25) is 0 Å². The molecule has 4 heteroatoms. The van der Waals surface area contributed by atoms with Crippen LogP contribution in [0.3, 0.4) is 0 Å². The maximum absolute atomic E-state index is 12.2. The minimum absolute atomic E-state index is 0.143. The Morgan fingerprint density at radius 3 is 2.35 bits per heavy atom. The van der Waals surface area contributed by atoms with E-state index in [-0.39, 0.29) is 5.91 Å². The highest BCUT2D eigenvalue weighted by molar-refractivity contribution is 6.31. The van der Waals surface area contributed by atoms with Crippen molar-refractivity contribution in [3.05, 3.63) is 58.6 Å². The van der Waals surface area contributed by atoms with E-state index < -0.39 is 0 Å². The van der Waals surface area contributed by atoms with Gasteiger partial charge < -0.3 is 10.2 Å². The SMILES string of the molecule is Cc1ccc(C(=O)Nc2cc(Cl)ccc2N(C)C)cc1. The minimum Gasteiger partial charge on any atom is -0.376 e. The Hall–Kier alpha value is -2.00. The van der Waals surface area contributed by atoms with Crippen LogP contribution in [-0.2, 0) is 0 Å². The molecule has 0 bridgehead atoms. The predicted molar refractivity (Wildman–Crippen MR) is 84.9 cm³/mol. The fourth-order valence-corrected chi connectivity index (χ4v) is 2.07. The van der Waals surface area contributed by atoms with E-state index in [1.54, 1.807) is 12.1 Å². The van der Waals surface area contributed by atoms with E-state index in [1.807, 2.05) is 56.3 Å². The highest BCUT2D eigenvalue weighted by Gasteiger charge is 2.10. The molecule has 104 valence electrons. The highest BCUT2D eigenvalue weighted by Crippen LogP contribution is 2.28. The Labute approximate surface area is 124 Å². The molecule has 0 radical (unpaired) electrons. The van der Waals surface area contributed by atoms with Crippen LogP contribution in [0, 0.1) is 6.92 Å². The number of nitrogens with zero attached hydrogens (tertiary/aromatic N) is 1. The summed E-state index contributed by atoms with van der Waals surface area (Å²) in [5.41, 5.74) is 3.36. The molecule has 0 atom stereocenters. The van der Waals surface area contributed by atoms with E-state index >= 15 is 0 Å². The summed E-state index contributed by atoms with van der Waals surface area (Å²) >= 11 is 6.00. The van der Waals surface area contributed by atoms with Gasteiger partial charge in [-0.2, -0.15) is 0 Å². The molecule has 0 saturated carbocycles. The Morgan fingerprint density at radius 1 is 1.10 bits per heavy atom. The number of rotatable bonds is 3. The lowest BCUT2D eigenvalue weighted by Gasteiger charge is -2.18. The average molecular weight is 289 g/mol. The molecule has 20 heavy (non-hydrogen) atoms. The number of amides is 1. The van der Waals surface area contributed by atoms with Crippen molar-refractivity contribution < 1.29 is 4.79 Å². The molecular weight excluding hydrogens is 272 g/mol. The van der Waals surface area contributed by atoms with Crippen molar-refractivity contribution in [1.82, 2.24) is 0 Å². The monoisotopic (exact) mass is 288 g/mol. The molecule has 0 aliphatic carbocycles. The molecule has 1 N–H and O–H groups in total. The molecule has 0 fully saturated rings. The Kier molecular flexibility index (Phi) is 4.30. The molecule has 2 aromatic rings. The first-order valence-electron chi connectivity index (χ1n) is 6.32. The number of hydrogen-bond acceptors (Lipinski definition) is 2. The summed E-state index contributed by atoms with van der Waals surface area (Å²) in [7, 11) is 3.84. The molecule has 0 aliphatic rings. The van der Waals surface area contributed by atoms with Crippen molar-refractivity contribution in [3.63, 3.8) is 0 Å². The van der Waals surface area contributed by atoms with E-state index in [4.69, 9.17) is 11.6 Å². The number of hydrogen-bond donors (Lipinski definition) is 1. The molecule has 3 nitrogen and oxygen atoms in total. The number of carbonyl (C=O) groups excluding carboxylic acids is 1. The van der Waals surface area contributed by atoms with Crippen LogP contribution in [0.4, 0.5) is 11.4 Å². The largest absolute Gasteiger partial charge is 0.376 e. The van der Waals surface area contributed by atoms with Crippen molar-refractivity contribution in [2.45, 2.75) is 6.92 Å². The van der Waals surface area contributed by atoms with Gasteiger partial charge in [-0.15, -0.1) is 0 Å². The first-order valence-corrected chi connectivity index (χ1v) is 6.70. The van der Waals surface area contributed by atoms with Crippen LogP contribution in [0.15, 0.2) is 42.5 Å². The Morgan fingerprint density at radius 2 is 1.75 bits per heavy atom. The lowest BCUT2D eigenvalue weighted by atomic mass is 10.1. The van der Waals surface area contributed by atoms with Gasteiger partial charge in [-0.3, -0.25) is 4.79 Å². The molecule has 0 spiro atoms. The van der Waals surface area contributed by atoms with Crippen LogP contribution < -0.4 is 10.2 Å². The van der Waals surface area contributed by atoms with Crippen molar-refractivity contribution >= 4 is 28.9 Å². The third-order valence-electron chi connectivity index (χ3n) is 3.00. The van der Waals surface area contributed by atoms with Crippen LogP contribution in [0.5, 0.6) is 0 Å². The van der Waals surface area contributed by atoms with Crippen LogP contribution >= 0.6 is 11.6 Å². The van der Waals surface area contributed by atoms with Gasteiger partial charge in [0, 0.05) is 24.7 Å². The van der Waals surface area contributed by atoms with E-state index in [0.717, 1.165) is 11.3 Å². The average Bonchev–Trinajstić information content (AvgIpc) is 2.39. The number of benzene rings is 2. The molecule has 0 heterocycles. The van der Waals surface area contributed by atoms with Gasteiger partial charge in [-0.25, -0.2) is 0 Å². The smallest absolute Gasteiger partial charge is 0.255 e. The summed E-state index contributed by atoms with van der Waals surface area (Å²) in [6.07, 6.45) is 0. The van der Waals surface area contributed by atoms with E-state index in [1.165, 1.54) is 0 Å². The topological polar surface area (TPSA) is 32.3 Å². The summed E-state index contributed by atoms with van der Waals surface area (Å²) < 4.78 is 0. The fourth-order valence-electron chi connectivity index (χ4n) is 1.90. The number of nitrogens with one attached hydrogen (secondary N) is 1. The summed E-state index contributed by atoms with van der Waals surface area (Å²) in [5.74, 6) is -0.143. The maximum atomic E-state index is 12.2. The zero-order valence-corrected chi connectivity index (χ0v) is 12.5. The molecular formula is C16H17ClN2O. The molecule has 0 aromatic heterocycles. The third kappa shape index (κ3) is 3.31. The van der Waals surface area contributed by atoms with Gasteiger partial charge in [0.15, 0.2) is 0 Å². The summed E-state index contributed by atoms with van der Waals surface area (Å²) in [4.78, 5) is 14.2. The second-order valence-electron chi connectivity index (χ2n) is 4.88. The lowest BCUT2D eigenvalue weighted by molar-refractivity contribution is 0.102. The van der Waals surface area contributed by atoms with Crippen molar-refractivity contribution in [1.29, 1.82) is 0 Å². The molecule has 2 rings (SSSR count). The maximum Gasteiger partial charge on any atom is 0.255 e. The number of aryl methyl sites for hydroxylation is 1. The Balaban J connectivity index is 2.27. The van der Waals surface area contributed by atoms with Crippen molar-refractivity contribution in [3.8, 4) is 0 Å². The molecule has 0 aliphatic heterocycles. The zero-order valence-electron chi connectivity index (χ0n) is 11.8. The van der Waals surface area contributed by atoms with Crippen LogP contribution in [0.2, 0.25) is 5.02 Å². The van der Waals surface area contributed by atoms with Gasteiger partial charge in [-0.05, 0) is 37.3 Å². The van der Waals surface area contributed by atoms with E-state index in [2.05, 4.69) is 5.32 Å².